The van der Waals surface area contributed by atoms with Crippen molar-refractivity contribution in [3.63, 3.8) is 0 Å². The molecule has 0 saturated heterocycles. The van der Waals surface area contributed by atoms with Crippen LogP contribution in [-0.2, 0) is 6.54 Å². The minimum absolute atomic E-state index is 0.0734. The normalized spacial score (nSPS) is 9.48. The van der Waals surface area contributed by atoms with E-state index in [1.54, 1.807) is 24.3 Å². The van der Waals surface area contributed by atoms with Crippen molar-refractivity contribution < 1.29 is 4.79 Å². The van der Waals surface area contributed by atoms with E-state index in [9.17, 15) is 4.79 Å². The summed E-state index contributed by atoms with van der Waals surface area (Å²) in [6.45, 7) is 0.294. The number of aromatic nitrogens is 1. The highest BCUT2D eigenvalue weighted by molar-refractivity contribution is 6.33. The van der Waals surface area contributed by atoms with Crippen molar-refractivity contribution in [2.75, 3.05) is 0 Å². The smallest absolute Gasteiger partial charge is 0.271 e. The molecule has 0 unspecified atom stereocenters. The SMILES string of the molecule is N#Cc1ccc(CNC(=O)c2ncc(C#N)cc2Cl)cc1. The molecular weight excluding hydrogens is 288 g/mol. The molecule has 102 valence electrons. The Morgan fingerprint density at radius 2 is 1.86 bits per heavy atom. The molecule has 1 amide bonds. The van der Waals surface area contributed by atoms with Crippen molar-refractivity contribution in [2.45, 2.75) is 6.54 Å². The van der Waals surface area contributed by atoms with Crippen molar-refractivity contribution in [1.29, 1.82) is 10.5 Å². The van der Waals surface area contributed by atoms with E-state index in [-0.39, 0.29) is 10.7 Å². The minimum Gasteiger partial charge on any atom is -0.347 e. The number of hydrogen-bond donors (Lipinski definition) is 1. The van der Waals surface area contributed by atoms with Crippen LogP contribution in [0.1, 0.15) is 27.2 Å². The van der Waals surface area contributed by atoms with Crippen LogP contribution in [-0.4, -0.2) is 10.9 Å². The third kappa shape index (κ3) is 3.56. The Balaban J connectivity index is 2.05. The fraction of sp³-hybridized carbons (Fsp3) is 0.0667. The lowest BCUT2D eigenvalue weighted by atomic mass is 10.1. The maximum absolute atomic E-state index is 12.0. The zero-order chi connectivity index (χ0) is 15.2. The molecule has 1 aromatic carbocycles. The van der Waals surface area contributed by atoms with Gasteiger partial charge in [-0.05, 0) is 23.8 Å². The largest absolute Gasteiger partial charge is 0.347 e. The molecule has 0 radical (unpaired) electrons. The summed E-state index contributed by atoms with van der Waals surface area (Å²) >= 11 is 5.91. The first kappa shape index (κ1) is 14.5. The molecule has 0 saturated carbocycles. The molecule has 5 nitrogen and oxygen atoms in total. The summed E-state index contributed by atoms with van der Waals surface area (Å²) in [4.78, 5) is 15.8. The van der Waals surface area contributed by atoms with Crippen LogP contribution in [0.2, 0.25) is 5.02 Å². The Hall–Kier alpha value is -2.89. The predicted octanol–water partition coefficient (Wildman–Crippen LogP) is 2.41. The molecule has 0 aliphatic carbocycles. The molecule has 1 N–H and O–H groups in total. The first-order valence-corrected chi connectivity index (χ1v) is 6.34. The lowest BCUT2D eigenvalue weighted by molar-refractivity contribution is 0.0946. The van der Waals surface area contributed by atoms with Crippen LogP contribution in [0.4, 0.5) is 0 Å². The fourth-order valence-electron chi connectivity index (χ4n) is 1.63. The van der Waals surface area contributed by atoms with E-state index >= 15 is 0 Å². The maximum Gasteiger partial charge on any atom is 0.271 e. The fourth-order valence-corrected chi connectivity index (χ4v) is 1.88. The molecular formula is C15H9ClN4O. The van der Waals surface area contributed by atoms with Gasteiger partial charge in [0.1, 0.15) is 11.8 Å². The monoisotopic (exact) mass is 296 g/mol. The molecule has 0 spiro atoms. The second-order valence-corrected chi connectivity index (χ2v) is 4.56. The molecule has 1 aromatic heterocycles. The van der Waals surface area contributed by atoms with Gasteiger partial charge in [-0.15, -0.1) is 0 Å². The van der Waals surface area contributed by atoms with Crippen molar-refractivity contribution in [3.05, 3.63) is 63.9 Å². The number of nitriles is 2. The summed E-state index contributed by atoms with van der Waals surface area (Å²) in [5.41, 5.74) is 1.78. The molecule has 0 atom stereocenters. The van der Waals surface area contributed by atoms with E-state index in [2.05, 4.69) is 10.3 Å². The van der Waals surface area contributed by atoms with Gasteiger partial charge in [0.2, 0.25) is 0 Å². The van der Waals surface area contributed by atoms with Gasteiger partial charge in [-0.2, -0.15) is 10.5 Å². The average molecular weight is 297 g/mol. The Kier molecular flexibility index (Phi) is 4.50. The molecule has 0 aliphatic heterocycles. The second-order valence-electron chi connectivity index (χ2n) is 4.16. The Bertz CT molecular complexity index is 757. The third-order valence-corrected chi connectivity index (χ3v) is 3.01. The van der Waals surface area contributed by atoms with Crippen molar-refractivity contribution >= 4 is 17.5 Å². The number of carbonyl (C=O) groups is 1. The number of halogens is 1. The van der Waals surface area contributed by atoms with Gasteiger partial charge in [-0.3, -0.25) is 4.79 Å². The van der Waals surface area contributed by atoms with Crippen LogP contribution in [0.25, 0.3) is 0 Å². The molecule has 21 heavy (non-hydrogen) atoms. The zero-order valence-electron chi connectivity index (χ0n) is 10.8. The molecule has 0 aliphatic rings. The second kappa shape index (κ2) is 6.51. The highest BCUT2D eigenvalue weighted by Crippen LogP contribution is 2.15. The summed E-state index contributed by atoms with van der Waals surface area (Å²) in [6, 6.07) is 12.2. The summed E-state index contributed by atoms with van der Waals surface area (Å²) in [5, 5.41) is 20.2. The molecule has 2 rings (SSSR count). The van der Waals surface area contributed by atoms with Gasteiger partial charge in [-0.1, -0.05) is 23.7 Å². The van der Waals surface area contributed by atoms with Gasteiger partial charge < -0.3 is 5.32 Å². The quantitative estimate of drug-likeness (QED) is 0.941. The summed E-state index contributed by atoms with van der Waals surface area (Å²) in [5.74, 6) is -0.422. The standard InChI is InChI=1S/C15H9ClN4O/c16-13-5-12(7-18)9-19-14(13)15(21)20-8-11-3-1-10(6-17)2-4-11/h1-5,9H,8H2,(H,20,21). The first-order valence-electron chi connectivity index (χ1n) is 5.97. The lowest BCUT2D eigenvalue weighted by Gasteiger charge is -2.06. The Morgan fingerprint density at radius 1 is 1.19 bits per heavy atom. The van der Waals surface area contributed by atoms with Gasteiger partial charge in [0.15, 0.2) is 0 Å². The number of pyridine rings is 1. The van der Waals surface area contributed by atoms with Crippen molar-refractivity contribution in [3.8, 4) is 12.1 Å². The highest BCUT2D eigenvalue weighted by Gasteiger charge is 2.12. The van der Waals surface area contributed by atoms with Crippen LogP contribution in [0.3, 0.4) is 0 Å². The molecule has 2 aromatic rings. The predicted molar refractivity (Wildman–Crippen MR) is 76.3 cm³/mol. The minimum atomic E-state index is -0.422. The zero-order valence-corrected chi connectivity index (χ0v) is 11.6. The maximum atomic E-state index is 12.0. The number of hydrogen-bond acceptors (Lipinski definition) is 4. The van der Waals surface area contributed by atoms with Crippen LogP contribution < -0.4 is 5.32 Å². The van der Waals surface area contributed by atoms with E-state index < -0.39 is 5.91 Å². The van der Waals surface area contributed by atoms with E-state index in [0.717, 1.165) is 5.56 Å². The van der Waals surface area contributed by atoms with Crippen molar-refractivity contribution in [1.82, 2.24) is 10.3 Å². The lowest BCUT2D eigenvalue weighted by Crippen LogP contribution is -2.24. The van der Waals surface area contributed by atoms with Crippen LogP contribution >= 0.6 is 11.6 Å². The highest BCUT2D eigenvalue weighted by atomic mass is 35.5. The third-order valence-electron chi connectivity index (χ3n) is 2.72. The van der Waals surface area contributed by atoms with E-state index in [1.165, 1.54) is 12.3 Å². The number of amides is 1. The van der Waals surface area contributed by atoms with E-state index in [1.807, 2.05) is 12.1 Å². The van der Waals surface area contributed by atoms with E-state index in [4.69, 9.17) is 22.1 Å². The number of benzene rings is 1. The van der Waals surface area contributed by atoms with Gasteiger partial charge >= 0.3 is 0 Å². The molecule has 0 bridgehead atoms. The number of rotatable bonds is 3. The van der Waals surface area contributed by atoms with Gasteiger partial charge in [0.25, 0.3) is 5.91 Å². The first-order chi connectivity index (χ1) is 10.1. The Labute approximate surface area is 126 Å². The van der Waals surface area contributed by atoms with Crippen molar-refractivity contribution in [2.24, 2.45) is 0 Å². The van der Waals surface area contributed by atoms with Crippen LogP contribution in [0.15, 0.2) is 36.5 Å². The molecule has 1 heterocycles. The van der Waals surface area contributed by atoms with Crippen LogP contribution in [0, 0.1) is 22.7 Å². The van der Waals surface area contributed by atoms with Gasteiger partial charge in [0, 0.05) is 12.7 Å². The number of nitrogens with zero attached hydrogens (tertiary/aromatic N) is 3. The van der Waals surface area contributed by atoms with Gasteiger partial charge in [-0.25, -0.2) is 4.98 Å². The number of nitrogens with one attached hydrogen (secondary N) is 1. The van der Waals surface area contributed by atoms with E-state index in [0.29, 0.717) is 17.7 Å². The summed E-state index contributed by atoms with van der Waals surface area (Å²) < 4.78 is 0. The molecule has 0 fully saturated rings. The Morgan fingerprint density at radius 3 is 2.43 bits per heavy atom. The average Bonchev–Trinajstić information content (AvgIpc) is 2.52. The summed E-state index contributed by atoms with van der Waals surface area (Å²) in [6.07, 6.45) is 1.29. The number of carbonyl (C=O) groups excluding carboxylic acids is 1. The van der Waals surface area contributed by atoms with Crippen LogP contribution in [0.5, 0.6) is 0 Å². The molecule has 6 heteroatoms. The topological polar surface area (TPSA) is 89.6 Å². The van der Waals surface area contributed by atoms with Gasteiger partial charge in [0.05, 0.1) is 22.2 Å². The summed E-state index contributed by atoms with van der Waals surface area (Å²) in [7, 11) is 0.